The third-order valence-corrected chi connectivity index (χ3v) is 6.01. The van der Waals surface area contributed by atoms with Crippen molar-refractivity contribution in [2.24, 2.45) is 4.99 Å². The summed E-state index contributed by atoms with van der Waals surface area (Å²) in [6, 6.07) is 8.11. The first-order valence-corrected chi connectivity index (χ1v) is 10.7. The highest BCUT2D eigenvalue weighted by Crippen LogP contribution is 2.46. The molecule has 1 saturated carbocycles. The van der Waals surface area contributed by atoms with Crippen molar-refractivity contribution in [1.82, 2.24) is 9.88 Å². The second-order valence-electron chi connectivity index (χ2n) is 7.91. The minimum atomic E-state index is 0.0807. The summed E-state index contributed by atoms with van der Waals surface area (Å²) in [5.74, 6) is 2.22. The van der Waals surface area contributed by atoms with E-state index >= 15 is 0 Å². The lowest BCUT2D eigenvalue weighted by Gasteiger charge is -2.29. The Morgan fingerprint density at radius 1 is 1.23 bits per heavy atom. The van der Waals surface area contributed by atoms with Crippen molar-refractivity contribution in [3.63, 3.8) is 0 Å². The molecule has 0 unspecified atom stereocenters. The Morgan fingerprint density at radius 3 is 2.74 bits per heavy atom. The van der Waals surface area contributed by atoms with Crippen LogP contribution in [0.2, 0.25) is 0 Å². The number of fused-ring (bicyclic) bond motifs is 1. The molecule has 0 amide bonds. The van der Waals surface area contributed by atoms with E-state index in [0.29, 0.717) is 28.5 Å². The topological polar surface area (TPSA) is 80.0 Å². The van der Waals surface area contributed by atoms with E-state index < -0.39 is 0 Å². The van der Waals surface area contributed by atoms with Gasteiger partial charge in [0.1, 0.15) is 17.5 Å². The van der Waals surface area contributed by atoms with Crippen LogP contribution in [0.3, 0.4) is 0 Å². The molecular weight excluding hydrogens is 392 g/mol. The average molecular weight is 421 g/mol. The maximum Gasteiger partial charge on any atom is 0.204 e. The van der Waals surface area contributed by atoms with Gasteiger partial charge in [0.25, 0.3) is 0 Å². The Balaban J connectivity index is 1.71. The first kappa shape index (κ1) is 21.0. The Kier molecular flexibility index (Phi) is 6.26. The van der Waals surface area contributed by atoms with Crippen LogP contribution in [-0.4, -0.2) is 42.6 Å². The van der Waals surface area contributed by atoms with Crippen molar-refractivity contribution < 1.29 is 14.2 Å². The summed E-state index contributed by atoms with van der Waals surface area (Å²) in [4.78, 5) is 11.5. The molecule has 1 aliphatic carbocycles. The van der Waals surface area contributed by atoms with Gasteiger partial charge >= 0.3 is 0 Å². The largest absolute Gasteiger partial charge is 0.493 e. The van der Waals surface area contributed by atoms with Crippen LogP contribution < -0.4 is 14.2 Å². The summed E-state index contributed by atoms with van der Waals surface area (Å²) >= 11 is 0. The monoisotopic (exact) mass is 420 g/mol. The van der Waals surface area contributed by atoms with Crippen LogP contribution in [0.15, 0.2) is 29.4 Å². The highest BCUT2D eigenvalue weighted by atomic mass is 16.5. The summed E-state index contributed by atoms with van der Waals surface area (Å²) in [6.45, 7) is 3.55. The number of aliphatic imine (C=N–C) groups is 1. The predicted molar refractivity (Wildman–Crippen MR) is 118 cm³/mol. The zero-order valence-electron chi connectivity index (χ0n) is 18.4. The van der Waals surface area contributed by atoms with Crippen LogP contribution in [0.1, 0.15) is 49.4 Å². The van der Waals surface area contributed by atoms with Crippen LogP contribution in [0.5, 0.6) is 17.2 Å². The standard InChI is InChI=1S/C24H28N4O3/c1-16(28-12-10-20-17(15-28)7-6-11-26-20)27-21-13-22(29-2)24(30-3)23(19(21)14-25)31-18-8-4-5-9-18/h6-7,11,13,18H,4-5,8-10,12,15H2,1-3H3. The second-order valence-corrected chi connectivity index (χ2v) is 7.91. The van der Waals surface area contributed by atoms with E-state index in [1.165, 1.54) is 5.56 Å². The van der Waals surface area contributed by atoms with Crippen LogP contribution in [0.25, 0.3) is 0 Å². The molecule has 7 heteroatoms. The summed E-state index contributed by atoms with van der Waals surface area (Å²) < 4.78 is 17.4. The Hall–Kier alpha value is -3.27. The van der Waals surface area contributed by atoms with Gasteiger partial charge < -0.3 is 19.1 Å². The van der Waals surface area contributed by atoms with Crippen LogP contribution in [0.4, 0.5) is 5.69 Å². The zero-order chi connectivity index (χ0) is 21.8. The molecule has 0 saturated heterocycles. The minimum Gasteiger partial charge on any atom is -0.493 e. The third kappa shape index (κ3) is 4.29. The number of methoxy groups -OCH3 is 2. The van der Waals surface area contributed by atoms with Gasteiger partial charge in [-0.15, -0.1) is 0 Å². The van der Waals surface area contributed by atoms with Crippen LogP contribution in [-0.2, 0) is 13.0 Å². The molecule has 0 atom stereocenters. The second kappa shape index (κ2) is 9.25. The van der Waals surface area contributed by atoms with Gasteiger partial charge in [-0.3, -0.25) is 4.98 Å². The van der Waals surface area contributed by atoms with Crippen LogP contribution in [0, 0.1) is 11.3 Å². The Morgan fingerprint density at radius 2 is 2.03 bits per heavy atom. The molecule has 1 fully saturated rings. The molecule has 0 N–H and O–H groups in total. The fraction of sp³-hybridized carbons (Fsp3) is 0.458. The smallest absolute Gasteiger partial charge is 0.204 e. The summed E-state index contributed by atoms with van der Waals surface area (Å²) in [5, 5.41) is 9.99. The van der Waals surface area contributed by atoms with Gasteiger partial charge in [-0.25, -0.2) is 4.99 Å². The minimum absolute atomic E-state index is 0.0807. The molecule has 1 aliphatic heterocycles. The molecule has 162 valence electrons. The van der Waals surface area contributed by atoms with E-state index in [4.69, 9.17) is 19.2 Å². The summed E-state index contributed by atoms with van der Waals surface area (Å²) in [7, 11) is 3.14. The zero-order valence-corrected chi connectivity index (χ0v) is 18.4. The van der Waals surface area contributed by atoms with Gasteiger partial charge in [-0.05, 0) is 44.2 Å². The summed E-state index contributed by atoms with van der Waals surface area (Å²) in [6.07, 6.45) is 7.01. The van der Waals surface area contributed by atoms with E-state index in [2.05, 4.69) is 22.0 Å². The van der Waals surface area contributed by atoms with Crippen molar-refractivity contribution >= 4 is 11.5 Å². The number of ether oxygens (including phenoxy) is 3. The molecule has 0 spiro atoms. The van der Waals surface area contributed by atoms with Gasteiger partial charge in [0.15, 0.2) is 11.5 Å². The molecule has 31 heavy (non-hydrogen) atoms. The lowest BCUT2D eigenvalue weighted by Crippen LogP contribution is -2.34. The highest BCUT2D eigenvalue weighted by molar-refractivity contribution is 5.85. The van der Waals surface area contributed by atoms with Gasteiger partial charge in [0.05, 0.1) is 26.0 Å². The van der Waals surface area contributed by atoms with Crippen molar-refractivity contribution in [3.05, 3.63) is 41.2 Å². The lowest BCUT2D eigenvalue weighted by atomic mass is 10.1. The fourth-order valence-electron chi connectivity index (χ4n) is 4.32. The number of amidine groups is 1. The van der Waals surface area contributed by atoms with Gasteiger partial charge in [0.2, 0.25) is 5.75 Å². The number of nitrogens with zero attached hydrogens (tertiary/aromatic N) is 4. The Bertz CT molecular complexity index is 1020. The molecule has 1 aromatic heterocycles. The molecule has 2 aliphatic rings. The average Bonchev–Trinajstić information content (AvgIpc) is 3.31. The maximum atomic E-state index is 9.99. The third-order valence-electron chi connectivity index (χ3n) is 6.01. The molecule has 0 radical (unpaired) electrons. The summed E-state index contributed by atoms with van der Waals surface area (Å²) in [5.41, 5.74) is 3.26. The quantitative estimate of drug-likeness (QED) is 0.527. The number of aromatic nitrogens is 1. The number of hydrogen-bond acceptors (Lipinski definition) is 6. The van der Waals surface area contributed by atoms with E-state index in [1.807, 2.05) is 19.2 Å². The molecular formula is C24H28N4O3. The molecule has 1 aromatic carbocycles. The number of benzene rings is 1. The SMILES string of the molecule is COc1cc(N=C(C)N2CCc3ncccc3C2)c(C#N)c(OC2CCCC2)c1OC. The number of rotatable bonds is 5. The van der Waals surface area contributed by atoms with E-state index in [9.17, 15) is 5.26 Å². The highest BCUT2D eigenvalue weighted by Gasteiger charge is 2.26. The lowest BCUT2D eigenvalue weighted by molar-refractivity contribution is 0.198. The van der Waals surface area contributed by atoms with Crippen molar-refractivity contribution in [2.75, 3.05) is 20.8 Å². The molecule has 4 rings (SSSR count). The first-order valence-electron chi connectivity index (χ1n) is 10.7. The van der Waals surface area contributed by atoms with Gasteiger partial charge in [-0.2, -0.15) is 5.26 Å². The number of nitriles is 1. The first-order chi connectivity index (χ1) is 15.1. The van der Waals surface area contributed by atoms with Gasteiger partial charge in [-0.1, -0.05) is 6.07 Å². The van der Waals surface area contributed by atoms with Crippen molar-refractivity contribution in [1.29, 1.82) is 5.26 Å². The molecule has 2 aromatic rings. The van der Waals surface area contributed by atoms with E-state index in [-0.39, 0.29) is 6.10 Å². The van der Waals surface area contributed by atoms with Crippen molar-refractivity contribution in [3.8, 4) is 23.3 Å². The molecule has 2 heterocycles. The maximum absolute atomic E-state index is 9.99. The fourth-order valence-corrected chi connectivity index (χ4v) is 4.32. The molecule has 7 nitrogen and oxygen atoms in total. The number of pyridine rings is 1. The van der Waals surface area contributed by atoms with E-state index in [1.54, 1.807) is 20.3 Å². The predicted octanol–water partition coefficient (Wildman–Crippen LogP) is 4.40. The Labute approximate surface area is 183 Å². The van der Waals surface area contributed by atoms with Crippen LogP contribution >= 0.6 is 0 Å². The van der Waals surface area contributed by atoms with E-state index in [0.717, 1.165) is 56.7 Å². The number of hydrogen-bond donors (Lipinski definition) is 0. The van der Waals surface area contributed by atoms with Gasteiger partial charge in [0, 0.05) is 37.5 Å². The van der Waals surface area contributed by atoms with Crippen molar-refractivity contribution in [2.45, 2.75) is 51.7 Å². The molecule has 0 bridgehead atoms. The normalized spacial score (nSPS) is 16.6.